The Labute approximate surface area is 72.6 Å². The fraction of sp³-hybridized carbons (Fsp3) is 0.667. The van der Waals surface area contributed by atoms with Gasteiger partial charge >= 0.3 is 0 Å². The fourth-order valence-electron chi connectivity index (χ4n) is 1.57. The van der Waals surface area contributed by atoms with E-state index in [2.05, 4.69) is 5.10 Å². The van der Waals surface area contributed by atoms with E-state index in [9.17, 15) is 0 Å². The Bertz CT molecular complexity index is 254. The minimum absolute atomic E-state index is 0.814. The quantitative estimate of drug-likeness (QED) is 0.723. The Balaban J connectivity index is 2.02. The van der Waals surface area contributed by atoms with E-state index in [0.29, 0.717) is 0 Å². The van der Waals surface area contributed by atoms with Crippen molar-refractivity contribution < 1.29 is 0 Å². The smallest absolute Gasteiger partial charge is 0.0822 e. The number of anilines is 1. The standard InChI is InChI=1S/C9H15N3/c1-7-9(10)6-12(11-7)5-8-3-2-4-8/h6,8H,2-5,10H2,1H3. The van der Waals surface area contributed by atoms with Gasteiger partial charge in [0.1, 0.15) is 0 Å². The molecule has 1 aliphatic rings. The lowest BCUT2D eigenvalue weighted by atomic mass is 9.85. The van der Waals surface area contributed by atoms with Crippen LogP contribution in [0.1, 0.15) is 25.0 Å². The number of nitrogens with zero attached hydrogens (tertiary/aromatic N) is 2. The summed E-state index contributed by atoms with van der Waals surface area (Å²) in [7, 11) is 0. The normalized spacial score (nSPS) is 17.8. The molecule has 3 heteroatoms. The average Bonchev–Trinajstić information content (AvgIpc) is 2.24. The van der Waals surface area contributed by atoms with Crippen molar-refractivity contribution in [3.8, 4) is 0 Å². The van der Waals surface area contributed by atoms with Crippen LogP contribution in [0.4, 0.5) is 5.69 Å². The van der Waals surface area contributed by atoms with Crippen molar-refractivity contribution in [2.45, 2.75) is 32.7 Å². The number of hydrogen-bond donors (Lipinski definition) is 1. The molecule has 0 bridgehead atoms. The van der Waals surface area contributed by atoms with Gasteiger partial charge in [-0.3, -0.25) is 4.68 Å². The molecule has 2 N–H and O–H groups in total. The van der Waals surface area contributed by atoms with Gasteiger partial charge in [0.2, 0.25) is 0 Å². The fourth-order valence-corrected chi connectivity index (χ4v) is 1.57. The number of hydrogen-bond acceptors (Lipinski definition) is 2. The van der Waals surface area contributed by atoms with Gasteiger partial charge in [-0.1, -0.05) is 6.42 Å². The van der Waals surface area contributed by atoms with Gasteiger partial charge < -0.3 is 5.73 Å². The highest BCUT2D eigenvalue weighted by Gasteiger charge is 2.18. The van der Waals surface area contributed by atoms with Crippen molar-refractivity contribution in [1.29, 1.82) is 0 Å². The van der Waals surface area contributed by atoms with Crippen LogP contribution in [0.15, 0.2) is 6.20 Å². The first-order valence-electron chi connectivity index (χ1n) is 4.55. The van der Waals surface area contributed by atoms with Crippen LogP contribution in [-0.2, 0) is 6.54 Å². The summed E-state index contributed by atoms with van der Waals surface area (Å²) >= 11 is 0. The number of aryl methyl sites for hydroxylation is 1. The van der Waals surface area contributed by atoms with Crippen LogP contribution in [0, 0.1) is 12.8 Å². The first kappa shape index (κ1) is 7.65. The van der Waals surface area contributed by atoms with Crippen molar-refractivity contribution in [3.05, 3.63) is 11.9 Å². The highest BCUT2D eigenvalue weighted by atomic mass is 15.3. The van der Waals surface area contributed by atoms with Gasteiger partial charge in [0.05, 0.1) is 11.4 Å². The zero-order chi connectivity index (χ0) is 8.55. The molecule has 3 nitrogen and oxygen atoms in total. The predicted molar refractivity (Wildman–Crippen MR) is 48.7 cm³/mol. The molecule has 1 aromatic rings. The van der Waals surface area contributed by atoms with E-state index in [1.165, 1.54) is 19.3 Å². The zero-order valence-electron chi connectivity index (χ0n) is 7.45. The molecule has 1 aromatic heterocycles. The van der Waals surface area contributed by atoms with Gasteiger partial charge in [0.15, 0.2) is 0 Å². The molecule has 0 aliphatic heterocycles. The molecule has 0 amide bonds. The first-order chi connectivity index (χ1) is 5.75. The molecule has 0 unspecified atom stereocenters. The maximum Gasteiger partial charge on any atom is 0.0822 e. The first-order valence-corrected chi connectivity index (χ1v) is 4.55. The van der Waals surface area contributed by atoms with Crippen LogP contribution in [-0.4, -0.2) is 9.78 Å². The molecule has 0 spiro atoms. The van der Waals surface area contributed by atoms with E-state index in [1.807, 2.05) is 17.8 Å². The number of nitrogens with two attached hydrogens (primary N) is 1. The number of aromatic nitrogens is 2. The topological polar surface area (TPSA) is 43.8 Å². The SMILES string of the molecule is Cc1nn(CC2CCC2)cc1N. The summed E-state index contributed by atoms with van der Waals surface area (Å²) < 4.78 is 1.98. The minimum atomic E-state index is 0.814. The third kappa shape index (κ3) is 1.31. The van der Waals surface area contributed by atoms with Gasteiger partial charge in [-0.25, -0.2) is 0 Å². The second kappa shape index (κ2) is 2.81. The molecule has 66 valence electrons. The molecule has 0 radical (unpaired) electrons. The lowest BCUT2D eigenvalue weighted by molar-refractivity contribution is 0.266. The van der Waals surface area contributed by atoms with Crippen LogP contribution < -0.4 is 5.73 Å². The van der Waals surface area contributed by atoms with E-state index in [0.717, 1.165) is 23.8 Å². The average molecular weight is 165 g/mol. The molecule has 12 heavy (non-hydrogen) atoms. The lowest BCUT2D eigenvalue weighted by Crippen LogP contribution is -2.18. The Morgan fingerprint density at radius 2 is 2.42 bits per heavy atom. The molecular formula is C9H15N3. The van der Waals surface area contributed by atoms with Gasteiger partial charge in [-0.05, 0) is 25.7 Å². The Hall–Kier alpha value is -0.990. The van der Waals surface area contributed by atoms with Crippen LogP contribution in [0.3, 0.4) is 0 Å². The van der Waals surface area contributed by atoms with E-state index < -0.39 is 0 Å². The molecule has 1 heterocycles. The third-order valence-corrected chi connectivity index (χ3v) is 2.65. The molecule has 1 saturated carbocycles. The van der Waals surface area contributed by atoms with Crippen molar-refractivity contribution in [2.24, 2.45) is 5.92 Å². The maximum absolute atomic E-state index is 5.69. The van der Waals surface area contributed by atoms with Crippen molar-refractivity contribution in [3.63, 3.8) is 0 Å². The van der Waals surface area contributed by atoms with Crippen LogP contribution in [0.5, 0.6) is 0 Å². The van der Waals surface area contributed by atoms with Crippen LogP contribution in [0.25, 0.3) is 0 Å². The highest BCUT2D eigenvalue weighted by Crippen LogP contribution is 2.27. The molecule has 0 atom stereocenters. The summed E-state index contributed by atoms with van der Waals surface area (Å²) in [6.45, 7) is 3.00. The van der Waals surface area contributed by atoms with E-state index in [4.69, 9.17) is 5.73 Å². The maximum atomic E-state index is 5.69. The monoisotopic (exact) mass is 165 g/mol. The number of nitrogen functional groups attached to an aromatic ring is 1. The van der Waals surface area contributed by atoms with Crippen molar-refractivity contribution in [2.75, 3.05) is 5.73 Å². The Kier molecular flexibility index (Phi) is 1.79. The third-order valence-electron chi connectivity index (χ3n) is 2.65. The summed E-state index contributed by atoms with van der Waals surface area (Å²) in [5.41, 5.74) is 7.46. The molecule has 0 aromatic carbocycles. The van der Waals surface area contributed by atoms with Crippen LogP contribution in [0.2, 0.25) is 0 Å². The summed E-state index contributed by atoms with van der Waals surface area (Å²) in [5.74, 6) is 0.851. The molecule has 2 rings (SSSR count). The van der Waals surface area contributed by atoms with E-state index >= 15 is 0 Å². The molecule has 1 fully saturated rings. The van der Waals surface area contributed by atoms with Gasteiger partial charge in [-0.2, -0.15) is 5.10 Å². The number of rotatable bonds is 2. The van der Waals surface area contributed by atoms with Gasteiger partial charge in [0.25, 0.3) is 0 Å². The second-order valence-electron chi connectivity index (χ2n) is 3.69. The summed E-state index contributed by atoms with van der Waals surface area (Å²) in [5, 5.41) is 4.32. The highest BCUT2D eigenvalue weighted by molar-refractivity contribution is 5.39. The molecule has 0 saturated heterocycles. The summed E-state index contributed by atoms with van der Waals surface area (Å²) in [6, 6.07) is 0. The minimum Gasteiger partial charge on any atom is -0.396 e. The van der Waals surface area contributed by atoms with Crippen molar-refractivity contribution >= 4 is 5.69 Å². The van der Waals surface area contributed by atoms with Crippen LogP contribution >= 0.6 is 0 Å². The van der Waals surface area contributed by atoms with E-state index in [1.54, 1.807) is 0 Å². The molecule has 1 aliphatic carbocycles. The summed E-state index contributed by atoms with van der Waals surface area (Å²) in [4.78, 5) is 0. The Morgan fingerprint density at radius 1 is 1.67 bits per heavy atom. The van der Waals surface area contributed by atoms with Gasteiger partial charge in [-0.15, -0.1) is 0 Å². The summed E-state index contributed by atoms with van der Waals surface area (Å²) in [6.07, 6.45) is 6.05. The largest absolute Gasteiger partial charge is 0.396 e. The lowest BCUT2D eigenvalue weighted by Gasteiger charge is -2.24. The second-order valence-corrected chi connectivity index (χ2v) is 3.69. The predicted octanol–water partition coefficient (Wildman–Crippen LogP) is 1.57. The Morgan fingerprint density at radius 3 is 2.83 bits per heavy atom. The van der Waals surface area contributed by atoms with E-state index in [-0.39, 0.29) is 0 Å². The molecular weight excluding hydrogens is 150 g/mol. The van der Waals surface area contributed by atoms with Gasteiger partial charge in [0, 0.05) is 12.7 Å². The van der Waals surface area contributed by atoms with Crippen molar-refractivity contribution in [1.82, 2.24) is 9.78 Å². The zero-order valence-corrected chi connectivity index (χ0v) is 7.45.